The first kappa shape index (κ1) is 17.3. The second kappa shape index (κ2) is 6.23. The molecule has 0 amide bonds. The number of non-ortho nitro benzene ring substituents is 2. The fourth-order valence-electron chi connectivity index (χ4n) is 3.22. The number of fused-ring (bicyclic) bond motifs is 2. The maximum atomic E-state index is 13.0. The van der Waals surface area contributed by atoms with E-state index in [1.807, 2.05) is 0 Å². The third-order valence-electron chi connectivity index (χ3n) is 4.56. The first-order chi connectivity index (χ1) is 13.4. The Morgan fingerprint density at radius 3 is 2.46 bits per heavy atom. The van der Waals surface area contributed by atoms with Crippen LogP contribution in [0.15, 0.2) is 59.5 Å². The van der Waals surface area contributed by atoms with E-state index in [0.29, 0.717) is 22.1 Å². The van der Waals surface area contributed by atoms with Gasteiger partial charge in [-0.1, -0.05) is 6.07 Å². The summed E-state index contributed by atoms with van der Waals surface area (Å²) >= 11 is 0. The summed E-state index contributed by atoms with van der Waals surface area (Å²) in [6.45, 7) is 0. The number of pyridine rings is 2. The van der Waals surface area contributed by atoms with E-state index >= 15 is 0 Å². The van der Waals surface area contributed by atoms with Gasteiger partial charge in [-0.25, -0.2) is 4.98 Å². The second-order valence-electron chi connectivity index (χ2n) is 6.24. The maximum absolute atomic E-state index is 13.0. The molecule has 28 heavy (non-hydrogen) atoms. The molecule has 0 aliphatic carbocycles. The number of hydrogen-bond acceptors (Lipinski definition) is 6. The number of benzene rings is 2. The summed E-state index contributed by atoms with van der Waals surface area (Å²) in [5, 5.41) is 22.8. The van der Waals surface area contributed by atoms with Crippen LogP contribution in [-0.4, -0.2) is 19.4 Å². The summed E-state index contributed by atoms with van der Waals surface area (Å²) in [5.41, 5.74) is 0.881. The zero-order chi connectivity index (χ0) is 20.0. The summed E-state index contributed by atoms with van der Waals surface area (Å²) < 4.78 is 1.69. The zero-order valence-corrected chi connectivity index (χ0v) is 14.5. The Labute approximate surface area is 156 Å². The molecule has 4 rings (SSSR count). The topological polar surface area (TPSA) is 121 Å². The van der Waals surface area contributed by atoms with Gasteiger partial charge in [0.2, 0.25) is 0 Å². The Balaban J connectivity index is 1.98. The van der Waals surface area contributed by atoms with Gasteiger partial charge in [0.1, 0.15) is 0 Å². The molecule has 0 saturated heterocycles. The van der Waals surface area contributed by atoms with Gasteiger partial charge in [-0.05, 0) is 24.3 Å². The summed E-state index contributed by atoms with van der Waals surface area (Å²) in [7, 11) is 1.73. The predicted molar refractivity (Wildman–Crippen MR) is 103 cm³/mol. The Kier molecular flexibility index (Phi) is 3.85. The largest absolute Gasteiger partial charge is 0.350 e. The van der Waals surface area contributed by atoms with Crippen LogP contribution in [0.3, 0.4) is 0 Å². The fourth-order valence-corrected chi connectivity index (χ4v) is 3.22. The van der Waals surface area contributed by atoms with E-state index in [2.05, 4.69) is 4.98 Å². The van der Waals surface area contributed by atoms with Crippen LogP contribution in [0.2, 0.25) is 0 Å². The number of hydrogen-bond donors (Lipinski definition) is 0. The van der Waals surface area contributed by atoms with Gasteiger partial charge in [-0.3, -0.25) is 25.0 Å². The third-order valence-corrected chi connectivity index (χ3v) is 4.56. The number of rotatable bonds is 3. The lowest BCUT2D eigenvalue weighted by molar-refractivity contribution is -0.384. The molecule has 0 aliphatic heterocycles. The lowest BCUT2D eigenvalue weighted by Crippen LogP contribution is -2.11. The van der Waals surface area contributed by atoms with Crippen LogP contribution in [-0.2, 0) is 7.05 Å². The van der Waals surface area contributed by atoms with Crippen molar-refractivity contribution in [1.29, 1.82) is 0 Å². The highest BCUT2D eigenvalue weighted by Crippen LogP contribution is 2.27. The van der Waals surface area contributed by atoms with E-state index in [-0.39, 0.29) is 22.3 Å². The SMILES string of the molecule is Cn1cc(-c2ccc3c([N+](=O)[O-])cccc3n2)c(=O)c2cc([N+](=O)[O-])ccc21. The summed E-state index contributed by atoms with van der Waals surface area (Å²) in [4.78, 5) is 38.6. The highest BCUT2D eigenvalue weighted by molar-refractivity contribution is 5.91. The number of nitro groups is 2. The van der Waals surface area contributed by atoms with E-state index < -0.39 is 15.3 Å². The Bertz CT molecular complexity index is 1360. The van der Waals surface area contributed by atoms with Gasteiger partial charge in [0, 0.05) is 31.4 Å². The number of nitro benzene ring substituents is 2. The monoisotopic (exact) mass is 376 g/mol. The van der Waals surface area contributed by atoms with Gasteiger partial charge in [0.15, 0.2) is 5.43 Å². The molecule has 0 bridgehead atoms. The molecule has 0 fully saturated rings. The van der Waals surface area contributed by atoms with Crippen molar-refractivity contribution in [2.45, 2.75) is 0 Å². The van der Waals surface area contributed by atoms with Crippen molar-refractivity contribution in [3.63, 3.8) is 0 Å². The van der Waals surface area contributed by atoms with Gasteiger partial charge < -0.3 is 4.57 Å². The normalized spacial score (nSPS) is 11.0. The Hall–Kier alpha value is -4.14. The second-order valence-corrected chi connectivity index (χ2v) is 6.24. The summed E-state index contributed by atoms with van der Waals surface area (Å²) in [6.07, 6.45) is 1.60. The molecular formula is C19H12N4O5. The molecular weight excluding hydrogens is 364 g/mol. The summed E-state index contributed by atoms with van der Waals surface area (Å²) in [6, 6.07) is 11.7. The van der Waals surface area contributed by atoms with Gasteiger partial charge in [0.05, 0.1) is 42.9 Å². The Morgan fingerprint density at radius 2 is 1.75 bits per heavy atom. The quantitative estimate of drug-likeness (QED) is 0.398. The first-order valence-electron chi connectivity index (χ1n) is 8.19. The van der Waals surface area contributed by atoms with Crippen LogP contribution in [0.4, 0.5) is 11.4 Å². The smallest absolute Gasteiger partial charge is 0.278 e. The molecule has 2 heterocycles. The van der Waals surface area contributed by atoms with Crippen LogP contribution < -0.4 is 5.43 Å². The van der Waals surface area contributed by atoms with Gasteiger partial charge >= 0.3 is 0 Å². The van der Waals surface area contributed by atoms with Gasteiger partial charge in [-0.15, -0.1) is 0 Å². The minimum atomic E-state index is -0.557. The van der Waals surface area contributed by atoms with Crippen molar-refractivity contribution in [3.05, 3.63) is 85.2 Å². The molecule has 0 saturated carbocycles. The van der Waals surface area contributed by atoms with E-state index in [1.165, 1.54) is 36.4 Å². The van der Waals surface area contributed by atoms with E-state index in [4.69, 9.17) is 0 Å². The highest BCUT2D eigenvalue weighted by atomic mass is 16.6. The van der Waals surface area contributed by atoms with Crippen LogP contribution in [0.1, 0.15) is 0 Å². The molecule has 138 valence electrons. The zero-order valence-electron chi connectivity index (χ0n) is 14.5. The average molecular weight is 376 g/mol. The molecule has 2 aromatic heterocycles. The number of aryl methyl sites for hydroxylation is 1. The molecule has 0 unspecified atom stereocenters. The maximum Gasteiger partial charge on any atom is 0.278 e. The molecule has 9 heteroatoms. The van der Waals surface area contributed by atoms with Crippen molar-refractivity contribution >= 4 is 33.2 Å². The molecule has 0 spiro atoms. The number of aromatic nitrogens is 2. The minimum absolute atomic E-state index is 0.0708. The molecule has 2 aromatic carbocycles. The van der Waals surface area contributed by atoms with Crippen molar-refractivity contribution in [2.24, 2.45) is 7.05 Å². The molecule has 0 radical (unpaired) electrons. The first-order valence-corrected chi connectivity index (χ1v) is 8.19. The molecule has 0 aliphatic rings. The van der Waals surface area contributed by atoms with E-state index in [1.54, 1.807) is 29.9 Å². The molecule has 9 nitrogen and oxygen atoms in total. The highest BCUT2D eigenvalue weighted by Gasteiger charge is 2.17. The van der Waals surface area contributed by atoms with Crippen LogP contribution >= 0.6 is 0 Å². The molecule has 4 aromatic rings. The standard InChI is InChI=1S/C19H12N4O5/c1-21-10-14(19(24)13-9-11(22(25)26)5-8-17(13)21)16-7-6-12-15(20-16)3-2-4-18(12)23(27)28/h2-10H,1H3. The fraction of sp³-hybridized carbons (Fsp3) is 0.0526. The Morgan fingerprint density at radius 1 is 0.964 bits per heavy atom. The molecule has 0 N–H and O–H groups in total. The van der Waals surface area contributed by atoms with Gasteiger partial charge in [0.25, 0.3) is 11.4 Å². The lowest BCUT2D eigenvalue weighted by Gasteiger charge is -2.09. The van der Waals surface area contributed by atoms with Crippen LogP contribution in [0.5, 0.6) is 0 Å². The van der Waals surface area contributed by atoms with Crippen molar-refractivity contribution in [2.75, 3.05) is 0 Å². The van der Waals surface area contributed by atoms with E-state index in [0.717, 1.165) is 0 Å². The lowest BCUT2D eigenvalue weighted by atomic mass is 10.1. The van der Waals surface area contributed by atoms with Crippen LogP contribution in [0, 0.1) is 20.2 Å². The average Bonchev–Trinajstić information content (AvgIpc) is 2.69. The van der Waals surface area contributed by atoms with Crippen LogP contribution in [0.25, 0.3) is 33.1 Å². The predicted octanol–water partition coefficient (Wildman–Crippen LogP) is 3.57. The summed E-state index contributed by atoms with van der Waals surface area (Å²) in [5.74, 6) is 0. The number of nitrogens with zero attached hydrogens (tertiary/aromatic N) is 4. The third kappa shape index (κ3) is 2.65. The molecule has 0 atom stereocenters. The van der Waals surface area contributed by atoms with E-state index in [9.17, 15) is 25.0 Å². The van der Waals surface area contributed by atoms with Crippen molar-refractivity contribution in [1.82, 2.24) is 9.55 Å². The van der Waals surface area contributed by atoms with Gasteiger partial charge in [-0.2, -0.15) is 0 Å². The van der Waals surface area contributed by atoms with Crippen molar-refractivity contribution in [3.8, 4) is 11.3 Å². The minimum Gasteiger partial charge on any atom is -0.350 e. The van der Waals surface area contributed by atoms with Crippen molar-refractivity contribution < 1.29 is 9.85 Å².